The van der Waals surface area contributed by atoms with E-state index in [1.807, 2.05) is 6.20 Å². The highest BCUT2D eigenvalue weighted by Crippen LogP contribution is 2.15. The molecule has 1 aliphatic rings. The van der Waals surface area contributed by atoms with Crippen molar-refractivity contribution in [2.75, 3.05) is 50.4 Å². The van der Waals surface area contributed by atoms with Gasteiger partial charge in [0, 0.05) is 31.4 Å². The summed E-state index contributed by atoms with van der Waals surface area (Å²) in [6.45, 7) is 8.01. The van der Waals surface area contributed by atoms with Gasteiger partial charge in [0.2, 0.25) is 5.95 Å². The minimum atomic E-state index is 0.339. The molecule has 2 heterocycles. The molecular formula is C15H27N5O. The molecular weight excluding hydrogens is 266 g/mol. The van der Waals surface area contributed by atoms with Crippen LogP contribution in [0.4, 0.5) is 11.8 Å². The molecule has 6 nitrogen and oxygen atoms in total. The molecule has 0 unspecified atom stereocenters. The molecule has 0 bridgehead atoms. The third-order valence-electron chi connectivity index (χ3n) is 3.73. The summed E-state index contributed by atoms with van der Waals surface area (Å²) in [5.41, 5.74) is 6.85. The van der Waals surface area contributed by atoms with E-state index in [0.717, 1.165) is 70.0 Å². The van der Waals surface area contributed by atoms with Crippen molar-refractivity contribution in [3.05, 3.63) is 11.8 Å². The summed E-state index contributed by atoms with van der Waals surface area (Å²) in [5, 5.41) is 3.38. The number of aryl methyl sites for hydroxylation is 1. The molecule has 118 valence electrons. The maximum absolute atomic E-state index is 5.69. The van der Waals surface area contributed by atoms with Crippen LogP contribution in [-0.4, -0.2) is 54.3 Å². The molecule has 1 aromatic rings. The Morgan fingerprint density at radius 1 is 1.33 bits per heavy atom. The molecule has 1 saturated heterocycles. The highest BCUT2D eigenvalue weighted by Gasteiger charge is 2.11. The van der Waals surface area contributed by atoms with E-state index < -0.39 is 0 Å². The van der Waals surface area contributed by atoms with Gasteiger partial charge >= 0.3 is 0 Å². The molecule has 0 saturated carbocycles. The standard InChI is InChI=1S/C15H27N5O/c1-2-3-6-17-14-13(12-18-15(16)19-14)5-4-7-20-8-10-21-11-9-20/h12H,2-11H2,1H3,(H3,16,17,18,19). The number of anilines is 2. The summed E-state index contributed by atoms with van der Waals surface area (Å²) >= 11 is 0. The van der Waals surface area contributed by atoms with Crippen LogP contribution >= 0.6 is 0 Å². The second-order valence-corrected chi connectivity index (χ2v) is 5.44. The van der Waals surface area contributed by atoms with Crippen LogP contribution in [0.5, 0.6) is 0 Å². The Morgan fingerprint density at radius 2 is 2.14 bits per heavy atom. The van der Waals surface area contributed by atoms with Crippen molar-refractivity contribution in [3.8, 4) is 0 Å². The Bertz CT molecular complexity index is 421. The number of rotatable bonds is 8. The maximum Gasteiger partial charge on any atom is 0.221 e. The number of nitrogen functional groups attached to an aromatic ring is 1. The van der Waals surface area contributed by atoms with Crippen molar-refractivity contribution in [1.29, 1.82) is 0 Å². The highest BCUT2D eigenvalue weighted by atomic mass is 16.5. The van der Waals surface area contributed by atoms with Gasteiger partial charge in [0.05, 0.1) is 13.2 Å². The molecule has 6 heteroatoms. The van der Waals surface area contributed by atoms with Gasteiger partial charge in [0.1, 0.15) is 5.82 Å². The number of morpholine rings is 1. The van der Waals surface area contributed by atoms with E-state index in [-0.39, 0.29) is 0 Å². The fraction of sp³-hybridized carbons (Fsp3) is 0.733. The molecule has 0 radical (unpaired) electrons. The van der Waals surface area contributed by atoms with Gasteiger partial charge in [-0.15, -0.1) is 0 Å². The number of hydrogen-bond acceptors (Lipinski definition) is 6. The number of ether oxygens (including phenoxy) is 1. The molecule has 2 rings (SSSR count). The Hall–Kier alpha value is -1.40. The predicted octanol–water partition coefficient (Wildman–Crippen LogP) is 1.54. The summed E-state index contributed by atoms with van der Waals surface area (Å²) in [4.78, 5) is 10.9. The van der Waals surface area contributed by atoms with E-state index in [4.69, 9.17) is 10.5 Å². The first-order valence-corrected chi connectivity index (χ1v) is 7.95. The average Bonchev–Trinajstić information content (AvgIpc) is 2.51. The number of hydrogen-bond donors (Lipinski definition) is 2. The molecule has 0 atom stereocenters. The number of nitrogens with two attached hydrogens (primary N) is 1. The molecule has 21 heavy (non-hydrogen) atoms. The van der Waals surface area contributed by atoms with Crippen molar-refractivity contribution < 1.29 is 4.74 Å². The first-order chi connectivity index (χ1) is 10.3. The Balaban J connectivity index is 1.82. The minimum Gasteiger partial charge on any atom is -0.379 e. The molecule has 0 spiro atoms. The normalized spacial score (nSPS) is 16.0. The summed E-state index contributed by atoms with van der Waals surface area (Å²) in [6.07, 6.45) is 6.24. The highest BCUT2D eigenvalue weighted by molar-refractivity contribution is 5.46. The van der Waals surface area contributed by atoms with Crippen LogP contribution in [0, 0.1) is 0 Å². The second kappa shape index (κ2) is 8.79. The van der Waals surface area contributed by atoms with Gasteiger partial charge in [-0.2, -0.15) is 4.98 Å². The summed E-state index contributed by atoms with van der Waals surface area (Å²) in [6, 6.07) is 0. The maximum atomic E-state index is 5.69. The van der Waals surface area contributed by atoms with Gasteiger partial charge in [0.25, 0.3) is 0 Å². The second-order valence-electron chi connectivity index (χ2n) is 5.44. The van der Waals surface area contributed by atoms with Crippen molar-refractivity contribution in [2.45, 2.75) is 32.6 Å². The fourth-order valence-corrected chi connectivity index (χ4v) is 2.46. The molecule has 0 aliphatic carbocycles. The third-order valence-corrected chi connectivity index (χ3v) is 3.73. The summed E-state index contributed by atoms with van der Waals surface area (Å²) in [7, 11) is 0. The SMILES string of the molecule is CCCCNc1nc(N)ncc1CCCN1CCOCC1. The lowest BCUT2D eigenvalue weighted by atomic mass is 10.1. The van der Waals surface area contributed by atoms with Gasteiger partial charge < -0.3 is 15.8 Å². The number of nitrogens with zero attached hydrogens (tertiary/aromatic N) is 3. The first-order valence-electron chi connectivity index (χ1n) is 7.95. The molecule has 1 aromatic heterocycles. The van der Waals surface area contributed by atoms with E-state index in [1.165, 1.54) is 6.42 Å². The Kier molecular flexibility index (Phi) is 6.69. The monoisotopic (exact) mass is 293 g/mol. The van der Waals surface area contributed by atoms with Crippen molar-refractivity contribution in [2.24, 2.45) is 0 Å². The van der Waals surface area contributed by atoms with Gasteiger partial charge in [-0.1, -0.05) is 13.3 Å². The lowest BCUT2D eigenvalue weighted by molar-refractivity contribution is 0.0374. The zero-order valence-corrected chi connectivity index (χ0v) is 13.0. The van der Waals surface area contributed by atoms with Crippen LogP contribution in [0.2, 0.25) is 0 Å². The van der Waals surface area contributed by atoms with Gasteiger partial charge in [-0.3, -0.25) is 4.90 Å². The van der Waals surface area contributed by atoms with Gasteiger partial charge in [-0.05, 0) is 25.8 Å². The zero-order valence-electron chi connectivity index (χ0n) is 13.0. The van der Waals surface area contributed by atoms with Gasteiger partial charge in [-0.25, -0.2) is 4.98 Å². The van der Waals surface area contributed by atoms with E-state index in [0.29, 0.717) is 5.95 Å². The summed E-state index contributed by atoms with van der Waals surface area (Å²) in [5.74, 6) is 1.24. The molecule has 1 aliphatic heterocycles. The number of nitrogens with one attached hydrogen (secondary N) is 1. The largest absolute Gasteiger partial charge is 0.379 e. The smallest absolute Gasteiger partial charge is 0.221 e. The predicted molar refractivity (Wildman–Crippen MR) is 85.4 cm³/mol. The molecule has 3 N–H and O–H groups in total. The van der Waals surface area contributed by atoms with Crippen LogP contribution in [0.1, 0.15) is 31.7 Å². The van der Waals surface area contributed by atoms with E-state index in [2.05, 4.69) is 27.1 Å². The number of aromatic nitrogens is 2. The van der Waals surface area contributed by atoms with E-state index in [1.54, 1.807) is 0 Å². The van der Waals surface area contributed by atoms with Crippen LogP contribution < -0.4 is 11.1 Å². The molecule has 0 amide bonds. The van der Waals surface area contributed by atoms with E-state index >= 15 is 0 Å². The third kappa shape index (κ3) is 5.47. The first kappa shape index (κ1) is 16.0. The lowest BCUT2D eigenvalue weighted by Gasteiger charge is -2.26. The molecule has 1 fully saturated rings. The minimum absolute atomic E-state index is 0.339. The van der Waals surface area contributed by atoms with E-state index in [9.17, 15) is 0 Å². The zero-order chi connectivity index (χ0) is 14.9. The van der Waals surface area contributed by atoms with Crippen molar-refractivity contribution in [1.82, 2.24) is 14.9 Å². The Labute approximate surface area is 127 Å². The summed E-state index contributed by atoms with van der Waals surface area (Å²) < 4.78 is 5.37. The van der Waals surface area contributed by atoms with Crippen molar-refractivity contribution in [3.63, 3.8) is 0 Å². The average molecular weight is 293 g/mol. The fourth-order valence-electron chi connectivity index (χ4n) is 2.46. The van der Waals surface area contributed by atoms with Gasteiger partial charge in [0.15, 0.2) is 0 Å². The van der Waals surface area contributed by atoms with Crippen LogP contribution in [0.15, 0.2) is 6.20 Å². The topological polar surface area (TPSA) is 76.3 Å². The number of unbranched alkanes of at least 4 members (excludes halogenated alkanes) is 1. The molecule has 0 aromatic carbocycles. The quantitative estimate of drug-likeness (QED) is 0.708. The van der Waals surface area contributed by atoms with Crippen LogP contribution in [0.25, 0.3) is 0 Å². The van der Waals surface area contributed by atoms with Crippen molar-refractivity contribution >= 4 is 11.8 Å². The van der Waals surface area contributed by atoms with Crippen LogP contribution in [-0.2, 0) is 11.2 Å². The lowest BCUT2D eigenvalue weighted by Crippen LogP contribution is -2.37. The van der Waals surface area contributed by atoms with Crippen LogP contribution in [0.3, 0.4) is 0 Å². The Morgan fingerprint density at radius 3 is 2.90 bits per heavy atom.